The molecule has 3 rings (SSSR count). The van der Waals surface area contributed by atoms with Crippen LogP contribution in [-0.2, 0) is 17.6 Å². The number of nitrogens with one attached hydrogen (secondary N) is 1. The van der Waals surface area contributed by atoms with Crippen molar-refractivity contribution < 1.29 is 9.53 Å². The molecule has 6 heteroatoms. The molecule has 24 heavy (non-hydrogen) atoms. The first-order valence-corrected chi connectivity index (χ1v) is 9.10. The van der Waals surface area contributed by atoms with Crippen molar-refractivity contribution in [3.8, 4) is 11.8 Å². The number of carbonyl (C=O) groups is 1. The van der Waals surface area contributed by atoms with E-state index in [9.17, 15) is 10.1 Å². The lowest BCUT2D eigenvalue weighted by atomic mass is 9.96. The summed E-state index contributed by atoms with van der Waals surface area (Å²) in [6.45, 7) is 0.239. The van der Waals surface area contributed by atoms with Crippen molar-refractivity contribution in [2.45, 2.75) is 32.1 Å². The molecule has 0 radical (unpaired) electrons. The van der Waals surface area contributed by atoms with E-state index in [1.54, 1.807) is 12.1 Å². The topological polar surface area (TPSA) is 62.1 Å². The van der Waals surface area contributed by atoms with Crippen molar-refractivity contribution in [3.63, 3.8) is 0 Å². The van der Waals surface area contributed by atoms with Crippen LogP contribution < -0.4 is 10.1 Å². The van der Waals surface area contributed by atoms with Crippen LogP contribution in [0.2, 0.25) is 5.02 Å². The summed E-state index contributed by atoms with van der Waals surface area (Å²) in [6.07, 6.45) is 4.40. The first kappa shape index (κ1) is 16.8. The van der Waals surface area contributed by atoms with Gasteiger partial charge in [0, 0.05) is 4.88 Å². The van der Waals surface area contributed by atoms with Crippen LogP contribution in [-0.4, -0.2) is 12.5 Å². The van der Waals surface area contributed by atoms with Gasteiger partial charge in [0.05, 0.1) is 23.6 Å². The van der Waals surface area contributed by atoms with E-state index in [0.717, 1.165) is 31.2 Å². The zero-order chi connectivity index (χ0) is 16.9. The summed E-state index contributed by atoms with van der Waals surface area (Å²) in [5.74, 6) is 0.411. The Labute approximate surface area is 150 Å². The van der Waals surface area contributed by atoms with Gasteiger partial charge in [0.2, 0.25) is 5.91 Å². The molecule has 2 aromatic rings. The van der Waals surface area contributed by atoms with E-state index in [-0.39, 0.29) is 18.9 Å². The lowest BCUT2D eigenvalue weighted by molar-refractivity contribution is -0.116. The molecule has 0 saturated carbocycles. The van der Waals surface area contributed by atoms with Gasteiger partial charge < -0.3 is 10.1 Å². The number of fused-ring (bicyclic) bond motifs is 1. The molecule has 0 fully saturated rings. The van der Waals surface area contributed by atoms with E-state index >= 15 is 0 Å². The number of anilines is 1. The Kier molecular flexibility index (Phi) is 5.39. The van der Waals surface area contributed by atoms with E-state index in [0.29, 0.717) is 21.3 Å². The van der Waals surface area contributed by atoms with Crippen molar-refractivity contribution in [3.05, 3.63) is 45.3 Å². The minimum Gasteiger partial charge on any atom is -0.491 e. The Morgan fingerprint density at radius 3 is 2.92 bits per heavy atom. The summed E-state index contributed by atoms with van der Waals surface area (Å²) < 4.78 is 5.53. The highest BCUT2D eigenvalue weighted by atomic mass is 35.5. The van der Waals surface area contributed by atoms with Gasteiger partial charge in [-0.2, -0.15) is 5.26 Å². The number of rotatable bonds is 5. The molecule has 1 aliphatic carbocycles. The molecule has 1 aromatic carbocycles. The molecule has 1 aliphatic rings. The Morgan fingerprint density at radius 2 is 2.12 bits per heavy atom. The predicted octanol–water partition coefficient (Wildman–Crippen LogP) is 4.56. The third-order valence-corrected chi connectivity index (χ3v) is 5.48. The smallest absolute Gasteiger partial charge is 0.228 e. The third-order valence-electron chi connectivity index (χ3n) is 3.96. The molecular weight excluding hydrogens is 344 g/mol. The summed E-state index contributed by atoms with van der Waals surface area (Å²) in [4.78, 5) is 13.4. The van der Waals surface area contributed by atoms with Crippen LogP contribution in [0.25, 0.3) is 0 Å². The summed E-state index contributed by atoms with van der Waals surface area (Å²) in [6, 6.07) is 9.41. The fourth-order valence-electron chi connectivity index (χ4n) is 2.78. The summed E-state index contributed by atoms with van der Waals surface area (Å²) in [5, 5.41) is 13.5. The van der Waals surface area contributed by atoms with Crippen LogP contribution in [0, 0.1) is 11.3 Å². The highest BCUT2D eigenvalue weighted by Crippen LogP contribution is 2.37. The number of benzene rings is 1. The molecule has 0 aliphatic heterocycles. The van der Waals surface area contributed by atoms with Crippen molar-refractivity contribution in [1.82, 2.24) is 0 Å². The molecule has 1 aromatic heterocycles. The fourth-order valence-corrected chi connectivity index (χ4v) is 4.22. The first-order valence-electron chi connectivity index (χ1n) is 7.91. The molecule has 0 bridgehead atoms. The monoisotopic (exact) mass is 360 g/mol. The maximum absolute atomic E-state index is 12.1. The Bertz CT molecular complexity index is 795. The van der Waals surface area contributed by atoms with Gasteiger partial charge in [-0.05, 0) is 43.4 Å². The molecule has 0 spiro atoms. The lowest BCUT2D eigenvalue weighted by Crippen LogP contribution is -2.15. The minimum atomic E-state index is -0.155. The zero-order valence-electron chi connectivity index (χ0n) is 13.1. The Morgan fingerprint density at radius 1 is 1.33 bits per heavy atom. The maximum atomic E-state index is 12.1. The van der Waals surface area contributed by atoms with E-state index < -0.39 is 0 Å². The Balaban J connectivity index is 1.58. The average molecular weight is 361 g/mol. The molecule has 1 amide bonds. The number of amides is 1. The van der Waals surface area contributed by atoms with Crippen LogP contribution in [0.5, 0.6) is 5.75 Å². The molecule has 4 nitrogen and oxygen atoms in total. The first-order chi connectivity index (χ1) is 11.7. The second-order valence-electron chi connectivity index (χ2n) is 5.60. The van der Waals surface area contributed by atoms with E-state index in [1.165, 1.54) is 16.2 Å². The van der Waals surface area contributed by atoms with Gasteiger partial charge >= 0.3 is 0 Å². The number of carbonyl (C=O) groups excluding carboxylic acids is 1. The molecule has 124 valence electrons. The molecular formula is C18H17ClN2O2S. The summed E-state index contributed by atoms with van der Waals surface area (Å²) in [5.41, 5.74) is 1.76. The molecule has 1 heterocycles. The molecule has 0 saturated heterocycles. The van der Waals surface area contributed by atoms with Gasteiger partial charge in [0.1, 0.15) is 16.8 Å². The number of thiophene rings is 1. The third kappa shape index (κ3) is 3.72. The molecule has 0 atom stereocenters. The van der Waals surface area contributed by atoms with Crippen LogP contribution >= 0.6 is 22.9 Å². The average Bonchev–Trinajstić information content (AvgIpc) is 2.93. The Hall–Kier alpha value is -2.03. The number of nitrogens with zero attached hydrogens (tertiary/aromatic N) is 1. The SMILES string of the molecule is N#Cc1c(NC(=O)CCOc2ccccc2Cl)sc2c1CCCC2. The lowest BCUT2D eigenvalue weighted by Gasteiger charge is -2.09. The zero-order valence-corrected chi connectivity index (χ0v) is 14.7. The van der Waals surface area contributed by atoms with Crippen LogP contribution in [0.1, 0.15) is 35.3 Å². The van der Waals surface area contributed by atoms with Crippen molar-refractivity contribution in [1.29, 1.82) is 5.26 Å². The van der Waals surface area contributed by atoms with Crippen LogP contribution in [0.4, 0.5) is 5.00 Å². The van der Waals surface area contributed by atoms with Crippen LogP contribution in [0.3, 0.4) is 0 Å². The van der Waals surface area contributed by atoms with E-state index in [4.69, 9.17) is 16.3 Å². The summed E-state index contributed by atoms with van der Waals surface area (Å²) in [7, 11) is 0. The van der Waals surface area contributed by atoms with Gasteiger partial charge in [-0.3, -0.25) is 4.79 Å². The highest BCUT2D eigenvalue weighted by Gasteiger charge is 2.21. The number of hydrogen-bond acceptors (Lipinski definition) is 4. The molecule has 1 N–H and O–H groups in total. The standard InChI is InChI=1S/C18H17ClN2O2S/c19-14-6-2-3-7-15(14)23-10-9-17(22)21-18-13(11-20)12-5-1-4-8-16(12)24-18/h2-3,6-7H,1,4-5,8-10H2,(H,21,22). The normalized spacial score (nSPS) is 13.0. The fraction of sp³-hybridized carbons (Fsp3) is 0.333. The second kappa shape index (κ2) is 7.69. The largest absolute Gasteiger partial charge is 0.491 e. The number of ether oxygens (including phenoxy) is 1. The number of para-hydroxylation sites is 1. The van der Waals surface area contributed by atoms with Crippen LogP contribution in [0.15, 0.2) is 24.3 Å². The van der Waals surface area contributed by atoms with Gasteiger partial charge in [-0.25, -0.2) is 0 Å². The van der Waals surface area contributed by atoms with Crippen molar-refractivity contribution >= 4 is 33.8 Å². The van der Waals surface area contributed by atoms with Gasteiger partial charge in [-0.1, -0.05) is 23.7 Å². The van der Waals surface area contributed by atoms with Gasteiger partial charge in [0.25, 0.3) is 0 Å². The van der Waals surface area contributed by atoms with Crippen molar-refractivity contribution in [2.24, 2.45) is 0 Å². The van der Waals surface area contributed by atoms with E-state index in [2.05, 4.69) is 11.4 Å². The minimum absolute atomic E-state index is 0.155. The van der Waals surface area contributed by atoms with Gasteiger partial charge in [0.15, 0.2) is 0 Å². The van der Waals surface area contributed by atoms with Crippen molar-refractivity contribution in [2.75, 3.05) is 11.9 Å². The number of hydrogen-bond donors (Lipinski definition) is 1. The number of halogens is 1. The predicted molar refractivity (Wildman–Crippen MR) is 95.9 cm³/mol. The van der Waals surface area contributed by atoms with Gasteiger partial charge in [-0.15, -0.1) is 11.3 Å². The van der Waals surface area contributed by atoms with E-state index in [1.807, 2.05) is 12.1 Å². The quantitative estimate of drug-likeness (QED) is 0.850. The molecule has 0 unspecified atom stereocenters. The highest BCUT2D eigenvalue weighted by molar-refractivity contribution is 7.16. The summed E-state index contributed by atoms with van der Waals surface area (Å²) >= 11 is 7.54. The number of aryl methyl sites for hydroxylation is 1. The number of nitriles is 1. The second-order valence-corrected chi connectivity index (χ2v) is 7.12. The maximum Gasteiger partial charge on any atom is 0.228 e.